The van der Waals surface area contributed by atoms with E-state index < -0.39 is 23.5 Å². The maximum absolute atomic E-state index is 14.0. The molecule has 5 rings (SSSR count). The second-order valence-electron chi connectivity index (χ2n) is 11.6. The number of H-pyrrole nitrogens is 1. The summed E-state index contributed by atoms with van der Waals surface area (Å²) in [6.45, 7) is 4.16. The van der Waals surface area contributed by atoms with Crippen molar-refractivity contribution in [3.8, 4) is 0 Å². The van der Waals surface area contributed by atoms with Gasteiger partial charge >= 0.3 is 5.97 Å². The average Bonchev–Trinajstić information content (AvgIpc) is 3.41. The monoisotopic (exact) mass is 534 g/mol. The molecule has 2 aromatic carbocycles. The fraction of sp³-hybridized carbons (Fsp3) is 0.433. The number of fused-ring (bicyclic) bond motifs is 3. The van der Waals surface area contributed by atoms with E-state index in [0.29, 0.717) is 31.3 Å². The first-order valence-corrected chi connectivity index (χ1v) is 13.4. The summed E-state index contributed by atoms with van der Waals surface area (Å²) in [5.41, 5.74) is 8.45. The van der Waals surface area contributed by atoms with Crippen LogP contribution in [0.2, 0.25) is 0 Å². The van der Waals surface area contributed by atoms with Gasteiger partial charge in [0.15, 0.2) is 0 Å². The van der Waals surface area contributed by atoms with Crippen molar-refractivity contribution in [1.82, 2.24) is 15.2 Å². The molecule has 2 atom stereocenters. The van der Waals surface area contributed by atoms with Crippen molar-refractivity contribution in [3.63, 3.8) is 0 Å². The molecule has 1 aliphatic heterocycles. The minimum absolute atomic E-state index is 0.0398. The molecule has 5 N–H and O–H groups in total. The van der Waals surface area contributed by atoms with Crippen LogP contribution in [-0.2, 0) is 26.2 Å². The van der Waals surface area contributed by atoms with Crippen LogP contribution in [0.1, 0.15) is 62.1 Å². The van der Waals surface area contributed by atoms with E-state index in [2.05, 4.69) is 16.4 Å². The summed E-state index contributed by atoms with van der Waals surface area (Å²) in [6.07, 6.45) is 4.21. The molecule has 206 valence electrons. The Kier molecular flexibility index (Phi) is 6.97. The quantitative estimate of drug-likeness (QED) is 0.368. The number of likely N-dealkylation sites (tertiary alicyclic amines) is 1. The van der Waals surface area contributed by atoms with Gasteiger partial charge in [0, 0.05) is 36.6 Å². The normalized spacial score (nSPS) is 19.2. The van der Waals surface area contributed by atoms with Crippen LogP contribution in [0.3, 0.4) is 0 Å². The Hall–Kier alpha value is -3.72. The Labute approximate surface area is 226 Å². The number of aromatic amines is 1. The van der Waals surface area contributed by atoms with Gasteiger partial charge in [0.1, 0.15) is 11.9 Å². The maximum atomic E-state index is 14.0. The van der Waals surface area contributed by atoms with Crippen LogP contribution >= 0.6 is 0 Å². The van der Waals surface area contributed by atoms with Crippen molar-refractivity contribution in [2.24, 2.45) is 5.73 Å². The Balaban J connectivity index is 1.36. The Morgan fingerprint density at radius 1 is 1.21 bits per heavy atom. The van der Waals surface area contributed by atoms with Crippen LogP contribution in [0.5, 0.6) is 0 Å². The van der Waals surface area contributed by atoms with Crippen molar-refractivity contribution in [2.75, 3.05) is 13.1 Å². The first-order chi connectivity index (χ1) is 18.5. The summed E-state index contributed by atoms with van der Waals surface area (Å²) in [6, 6.07) is 11.6. The van der Waals surface area contributed by atoms with Crippen LogP contribution in [-0.4, -0.2) is 57.4 Å². The van der Waals surface area contributed by atoms with E-state index in [1.165, 1.54) is 17.7 Å². The number of carboxylic acid groups (broad SMARTS) is 1. The van der Waals surface area contributed by atoms with Gasteiger partial charge in [0.05, 0.1) is 12.0 Å². The summed E-state index contributed by atoms with van der Waals surface area (Å²) in [5.74, 6) is -1.87. The number of nitrogens with one attached hydrogen (secondary N) is 2. The fourth-order valence-electron chi connectivity index (χ4n) is 6.35. The molecule has 0 bridgehead atoms. The zero-order valence-electron chi connectivity index (χ0n) is 22.3. The zero-order valence-corrected chi connectivity index (χ0v) is 22.3. The molecule has 1 saturated heterocycles. The van der Waals surface area contributed by atoms with Gasteiger partial charge in [-0.1, -0.05) is 24.3 Å². The van der Waals surface area contributed by atoms with E-state index in [1.54, 1.807) is 31.0 Å². The molecule has 2 amide bonds. The third-order valence-corrected chi connectivity index (χ3v) is 8.40. The molecule has 3 aromatic rings. The van der Waals surface area contributed by atoms with E-state index in [1.807, 2.05) is 18.2 Å². The molecule has 1 aliphatic carbocycles. The Bertz CT molecular complexity index is 1420. The van der Waals surface area contributed by atoms with E-state index in [9.17, 15) is 23.9 Å². The molecule has 8 nitrogen and oxygen atoms in total. The Morgan fingerprint density at radius 2 is 1.92 bits per heavy atom. The van der Waals surface area contributed by atoms with Crippen LogP contribution in [0.25, 0.3) is 10.9 Å². The standard InChI is InChI=1S/C30H35FN4O4/c1-29(2,32)28(39)34-25(13-19-17-33-24-8-7-20(31)15-22(19)24)27(38)35-11-9-30(10-12-35)16-18(14-26(36)37)21-5-3-4-6-23(21)30/h3-8,15,17-18,25,33H,9-14,16,32H2,1-2H3,(H,34,39)(H,36,37)/t18-,25-/m1/s1. The largest absolute Gasteiger partial charge is 0.481 e. The number of rotatable bonds is 7. The van der Waals surface area contributed by atoms with Gasteiger partial charge in [0.2, 0.25) is 11.8 Å². The number of benzene rings is 2. The number of hydrogen-bond acceptors (Lipinski definition) is 4. The van der Waals surface area contributed by atoms with Gasteiger partial charge in [0.25, 0.3) is 0 Å². The predicted octanol–water partition coefficient (Wildman–Crippen LogP) is 3.59. The SMILES string of the molecule is CC(C)(N)C(=O)N[C@H](Cc1c[nH]c2ccc(F)cc12)C(=O)N1CCC2(CC1)C[C@@H](CC(=O)O)c1ccccc12. The molecule has 2 heterocycles. The number of amides is 2. The van der Waals surface area contributed by atoms with Crippen molar-refractivity contribution in [3.05, 3.63) is 71.2 Å². The van der Waals surface area contributed by atoms with Crippen LogP contribution in [0, 0.1) is 5.82 Å². The van der Waals surface area contributed by atoms with Gasteiger partial charge in [-0.15, -0.1) is 0 Å². The molecular weight excluding hydrogens is 499 g/mol. The Morgan fingerprint density at radius 3 is 2.62 bits per heavy atom. The summed E-state index contributed by atoms with van der Waals surface area (Å²) in [4.78, 5) is 43.1. The molecule has 0 unspecified atom stereocenters. The van der Waals surface area contributed by atoms with Crippen LogP contribution < -0.4 is 11.1 Å². The van der Waals surface area contributed by atoms with E-state index in [-0.39, 0.29) is 35.9 Å². The maximum Gasteiger partial charge on any atom is 0.303 e. The molecule has 1 spiro atoms. The van der Waals surface area contributed by atoms with Crippen LogP contribution in [0.4, 0.5) is 4.39 Å². The lowest BCUT2D eigenvalue weighted by molar-refractivity contribution is -0.138. The smallest absolute Gasteiger partial charge is 0.303 e. The van der Waals surface area contributed by atoms with Crippen LogP contribution in [0.15, 0.2) is 48.7 Å². The molecule has 9 heteroatoms. The number of nitrogens with two attached hydrogens (primary N) is 1. The van der Waals surface area contributed by atoms with Gasteiger partial charge < -0.3 is 26.0 Å². The van der Waals surface area contributed by atoms with E-state index >= 15 is 0 Å². The molecule has 0 saturated carbocycles. The highest BCUT2D eigenvalue weighted by Gasteiger charge is 2.46. The number of carbonyl (C=O) groups excluding carboxylic acids is 2. The highest BCUT2D eigenvalue weighted by molar-refractivity contribution is 5.92. The number of piperidine rings is 1. The lowest BCUT2D eigenvalue weighted by Crippen LogP contribution is -2.58. The molecule has 39 heavy (non-hydrogen) atoms. The molecule has 1 fully saturated rings. The number of carbonyl (C=O) groups is 3. The second kappa shape index (κ2) is 10.1. The summed E-state index contributed by atoms with van der Waals surface area (Å²) >= 11 is 0. The van der Waals surface area contributed by atoms with Gasteiger partial charge in [-0.05, 0) is 79.3 Å². The summed E-state index contributed by atoms with van der Waals surface area (Å²) < 4.78 is 14.0. The van der Waals surface area contributed by atoms with E-state index in [4.69, 9.17) is 5.73 Å². The van der Waals surface area contributed by atoms with Gasteiger partial charge in [-0.2, -0.15) is 0 Å². The predicted molar refractivity (Wildman–Crippen MR) is 146 cm³/mol. The minimum Gasteiger partial charge on any atom is -0.481 e. The number of hydrogen-bond donors (Lipinski definition) is 4. The minimum atomic E-state index is -1.18. The number of nitrogens with zero attached hydrogens (tertiary/aromatic N) is 1. The van der Waals surface area contributed by atoms with Gasteiger partial charge in [-0.25, -0.2) is 4.39 Å². The topological polar surface area (TPSA) is 129 Å². The highest BCUT2D eigenvalue weighted by Crippen LogP contribution is 2.52. The first-order valence-electron chi connectivity index (χ1n) is 13.4. The van der Waals surface area contributed by atoms with Crippen molar-refractivity contribution in [1.29, 1.82) is 0 Å². The summed E-state index contributed by atoms with van der Waals surface area (Å²) in [5, 5.41) is 13.0. The van der Waals surface area contributed by atoms with Crippen molar-refractivity contribution in [2.45, 2.75) is 68.9 Å². The first kappa shape index (κ1) is 26.9. The summed E-state index contributed by atoms with van der Waals surface area (Å²) in [7, 11) is 0. The second-order valence-corrected chi connectivity index (χ2v) is 11.6. The number of aliphatic carboxylic acids is 1. The number of halogens is 1. The zero-order chi connectivity index (χ0) is 27.9. The fourth-order valence-corrected chi connectivity index (χ4v) is 6.35. The lowest BCUT2D eigenvalue weighted by atomic mass is 9.73. The lowest BCUT2D eigenvalue weighted by Gasteiger charge is -2.41. The third-order valence-electron chi connectivity index (χ3n) is 8.40. The molecule has 2 aliphatic rings. The highest BCUT2D eigenvalue weighted by atomic mass is 19.1. The van der Waals surface area contributed by atoms with Crippen molar-refractivity contribution < 1.29 is 23.9 Å². The average molecular weight is 535 g/mol. The third kappa shape index (κ3) is 5.28. The molecular formula is C30H35FN4O4. The molecule has 0 radical (unpaired) electrons. The van der Waals surface area contributed by atoms with Gasteiger partial charge in [-0.3, -0.25) is 14.4 Å². The van der Waals surface area contributed by atoms with Crippen molar-refractivity contribution >= 4 is 28.7 Å². The number of carboxylic acids is 1. The van der Waals surface area contributed by atoms with E-state index in [0.717, 1.165) is 23.1 Å². The molecule has 1 aromatic heterocycles. The number of aromatic nitrogens is 1.